The lowest BCUT2D eigenvalue weighted by molar-refractivity contribution is -0.143. The molecule has 1 saturated heterocycles. The number of hydrogen-bond donors (Lipinski definition) is 0. The molecule has 3 heteroatoms. The third kappa shape index (κ3) is 1.98. The second kappa shape index (κ2) is 5.30. The first kappa shape index (κ1) is 15.4. The summed E-state index contributed by atoms with van der Waals surface area (Å²) in [5, 5.41) is 0. The molecule has 4 aliphatic carbocycles. The van der Waals surface area contributed by atoms with Crippen LogP contribution in [0, 0.1) is 25.7 Å². The van der Waals surface area contributed by atoms with Gasteiger partial charge in [-0.25, -0.2) is 0 Å². The fourth-order valence-electron chi connectivity index (χ4n) is 5.70. The fourth-order valence-corrected chi connectivity index (χ4v) is 5.70. The summed E-state index contributed by atoms with van der Waals surface area (Å²) in [6.45, 7) is 4.27. The number of amides is 2. The van der Waals surface area contributed by atoms with Crippen molar-refractivity contribution in [2.24, 2.45) is 11.8 Å². The van der Waals surface area contributed by atoms with E-state index in [9.17, 15) is 9.59 Å². The highest BCUT2D eigenvalue weighted by Crippen LogP contribution is 2.56. The summed E-state index contributed by atoms with van der Waals surface area (Å²) in [6, 6.07) is 4.65. The number of aryl methyl sites for hydroxylation is 2. The van der Waals surface area contributed by atoms with Gasteiger partial charge < -0.3 is 0 Å². The molecular weight excluding hydrogens is 310 g/mol. The SMILES string of the molecule is Cc1cc2c(cc1C)C1C=CC2C2C(=O)N(C3CCCCC3)C(=O)C12. The van der Waals surface area contributed by atoms with Gasteiger partial charge in [-0.15, -0.1) is 0 Å². The third-order valence-electron chi connectivity index (χ3n) is 7.09. The van der Waals surface area contributed by atoms with E-state index in [0.29, 0.717) is 0 Å². The molecule has 0 aromatic heterocycles. The van der Waals surface area contributed by atoms with Crippen LogP contribution in [0.3, 0.4) is 0 Å². The molecule has 1 aliphatic heterocycles. The highest BCUT2D eigenvalue weighted by molar-refractivity contribution is 6.07. The molecule has 1 aromatic carbocycles. The topological polar surface area (TPSA) is 37.4 Å². The first-order chi connectivity index (χ1) is 12.1. The van der Waals surface area contributed by atoms with E-state index in [-0.39, 0.29) is 41.5 Å². The van der Waals surface area contributed by atoms with Crippen LogP contribution in [0.4, 0.5) is 0 Å². The monoisotopic (exact) mass is 335 g/mol. The van der Waals surface area contributed by atoms with Gasteiger partial charge in [0.05, 0.1) is 11.8 Å². The zero-order valence-electron chi connectivity index (χ0n) is 15.0. The van der Waals surface area contributed by atoms with Crippen LogP contribution >= 0.6 is 0 Å². The van der Waals surface area contributed by atoms with Crippen LogP contribution < -0.4 is 0 Å². The van der Waals surface area contributed by atoms with Crippen molar-refractivity contribution in [3.05, 3.63) is 46.5 Å². The molecule has 4 unspecified atom stereocenters. The number of nitrogens with zero attached hydrogens (tertiary/aromatic N) is 1. The van der Waals surface area contributed by atoms with Crippen molar-refractivity contribution in [1.82, 2.24) is 4.90 Å². The summed E-state index contributed by atoms with van der Waals surface area (Å²) < 4.78 is 0. The Morgan fingerprint density at radius 3 is 1.76 bits per heavy atom. The third-order valence-corrected chi connectivity index (χ3v) is 7.09. The van der Waals surface area contributed by atoms with Gasteiger partial charge in [0.15, 0.2) is 0 Å². The standard InChI is InChI=1S/C22H25NO2/c1-12-10-17-15-8-9-16(18(17)11-13(12)2)20-19(15)21(24)23(22(20)25)14-6-4-3-5-7-14/h8-11,14-16,19-20H,3-7H2,1-2H3. The van der Waals surface area contributed by atoms with E-state index in [1.54, 1.807) is 4.90 Å². The second-order valence-corrected chi connectivity index (χ2v) is 8.39. The summed E-state index contributed by atoms with van der Waals surface area (Å²) in [6.07, 6.45) is 9.88. The van der Waals surface area contributed by atoms with Crippen molar-refractivity contribution in [2.45, 2.75) is 63.8 Å². The molecule has 0 spiro atoms. The molecule has 3 nitrogen and oxygen atoms in total. The Balaban J connectivity index is 1.58. The molecule has 2 bridgehead atoms. The van der Waals surface area contributed by atoms with Gasteiger partial charge in [0.2, 0.25) is 11.8 Å². The molecule has 0 N–H and O–H groups in total. The van der Waals surface area contributed by atoms with Gasteiger partial charge in [0, 0.05) is 17.9 Å². The van der Waals surface area contributed by atoms with Gasteiger partial charge >= 0.3 is 0 Å². The van der Waals surface area contributed by atoms with E-state index in [1.165, 1.54) is 28.7 Å². The molecule has 6 rings (SSSR count). The molecule has 0 radical (unpaired) electrons. The smallest absolute Gasteiger partial charge is 0.234 e. The predicted molar refractivity (Wildman–Crippen MR) is 96.2 cm³/mol. The van der Waals surface area contributed by atoms with Crippen LogP contribution in [-0.2, 0) is 9.59 Å². The number of imide groups is 1. The van der Waals surface area contributed by atoms with Gasteiger partial charge in [0.1, 0.15) is 0 Å². The predicted octanol–water partition coefficient (Wildman–Crippen LogP) is 3.99. The van der Waals surface area contributed by atoms with Gasteiger partial charge in [-0.2, -0.15) is 0 Å². The molecule has 1 saturated carbocycles. The summed E-state index contributed by atoms with van der Waals surface area (Å²) in [5.41, 5.74) is 5.11. The first-order valence-electron chi connectivity index (χ1n) is 9.74. The van der Waals surface area contributed by atoms with Crippen molar-refractivity contribution in [2.75, 3.05) is 0 Å². The van der Waals surface area contributed by atoms with Crippen LogP contribution in [0.2, 0.25) is 0 Å². The average Bonchev–Trinajstić information content (AvgIpc) is 2.90. The first-order valence-corrected chi connectivity index (χ1v) is 9.74. The lowest BCUT2D eigenvalue weighted by Crippen LogP contribution is -2.42. The van der Waals surface area contributed by atoms with E-state index >= 15 is 0 Å². The molecule has 2 amide bonds. The normalized spacial score (nSPS) is 33.8. The highest BCUT2D eigenvalue weighted by atomic mass is 16.2. The molecule has 2 fully saturated rings. The zero-order chi connectivity index (χ0) is 17.3. The van der Waals surface area contributed by atoms with Crippen LogP contribution in [0.25, 0.3) is 0 Å². The Hall–Kier alpha value is -1.90. The van der Waals surface area contributed by atoms with Gasteiger partial charge in [-0.1, -0.05) is 43.5 Å². The maximum atomic E-state index is 13.3. The maximum Gasteiger partial charge on any atom is 0.234 e. The zero-order valence-corrected chi connectivity index (χ0v) is 15.0. The fraction of sp³-hybridized carbons (Fsp3) is 0.545. The molecule has 130 valence electrons. The minimum atomic E-state index is -0.168. The summed E-state index contributed by atoms with van der Waals surface area (Å²) in [5.74, 6) is 0.0250. The van der Waals surface area contributed by atoms with Gasteiger partial charge in [-0.3, -0.25) is 14.5 Å². The molecule has 4 atom stereocenters. The number of benzene rings is 1. The van der Waals surface area contributed by atoms with Gasteiger partial charge in [-0.05, 0) is 48.9 Å². The largest absolute Gasteiger partial charge is 0.279 e. The van der Waals surface area contributed by atoms with Crippen LogP contribution in [0.5, 0.6) is 0 Å². The Labute approximate surface area is 149 Å². The number of carbonyl (C=O) groups excluding carboxylic acids is 2. The Morgan fingerprint density at radius 1 is 0.800 bits per heavy atom. The Kier molecular flexibility index (Phi) is 3.25. The van der Waals surface area contributed by atoms with Crippen LogP contribution in [-0.4, -0.2) is 22.8 Å². The van der Waals surface area contributed by atoms with Crippen molar-refractivity contribution < 1.29 is 9.59 Å². The lowest BCUT2D eigenvalue weighted by Gasteiger charge is -2.40. The van der Waals surface area contributed by atoms with E-state index < -0.39 is 0 Å². The number of carbonyl (C=O) groups is 2. The Bertz CT molecular complexity index is 745. The quantitative estimate of drug-likeness (QED) is 0.575. The van der Waals surface area contributed by atoms with Gasteiger partial charge in [0.25, 0.3) is 0 Å². The minimum Gasteiger partial charge on any atom is -0.279 e. The Morgan fingerprint density at radius 2 is 1.28 bits per heavy atom. The van der Waals surface area contributed by atoms with E-state index in [4.69, 9.17) is 0 Å². The average molecular weight is 335 g/mol. The van der Waals surface area contributed by atoms with Crippen LogP contribution in [0.1, 0.15) is 66.2 Å². The van der Waals surface area contributed by atoms with E-state index in [0.717, 1.165) is 25.7 Å². The summed E-state index contributed by atoms with van der Waals surface area (Å²) in [4.78, 5) is 28.2. The molecule has 25 heavy (non-hydrogen) atoms. The van der Waals surface area contributed by atoms with Crippen molar-refractivity contribution in [3.8, 4) is 0 Å². The summed E-state index contributed by atoms with van der Waals surface area (Å²) in [7, 11) is 0. The second-order valence-electron chi connectivity index (χ2n) is 8.39. The number of rotatable bonds is 1. The highest BCUT2D eigenvalue weighted by Gasteiger charge is 2.59. The number of allylic oxidation sites excluding steroid dienone is 2. The molecule has 1 aromatic rings. The molecule has 5 aliphatic rings. The maximum absolute atomic E-state index is 13.3. The van der Waals surface area contributed by atoms with Crippen molar-refractivity contribution >= 4 is 11.8 Å². The van der Waals surface area contributed by atoms with E-state index in [2.05, 4.69) is 38.1 Å². The minimum absolute atomic E-state index is 0.0781. The lowest BCUT2D eigenvalue weighted by atomic mass is 9.60. The number of hydrogen-bond acceptors (Lipinski definition) is 2. The molecular formula is C22H25NO2. The molecule has 1 heterocycles. The van der Waals surface area contributed by atoms with Crippen molar-refractivity contribution in [1.29, 1.82) is 0 Å². The summed E-state index contributed by atoms with van der Waals surface area (Å²) >= 11 is 0. The van der Waals surface area contributed by atoms with Crippen molar-refractivity contribution in [3.63, 3.8) is 0 Å². The van der Waals surface area contributed by atoms with E-state index in [1.807, 2.05) is 0 Å². The number of likely N-dealkylation sites (tertiary alicyclic amines) is 1. The van der Waals surface area contributed by atoms with Crippen LogP contribution in [0.15, 0.2) is 24.3 Å².